The number of ether oxygens (including phenoxy) is 1. The van der Waals surface area contributed by atoms with Crippen molar-refractivity contribution in [2.75, 3.05) is 52.4 Å². The van der Waals surface area contributed by atoms with E-state index in [0.717, 1.165) is 19.4 Å². The summed E-state index contributed by atoms with van der Waals surface area (Å²) in [6.45, 7) is 5.05. The first-order chi connectivity index (χ1) is 13.9. The van der Waals surface area contributed by atoms with Crippen molar-refractivity contribution in [3.63, 3.8) is 0 Å². The molecule has 1 atom stereocenters. The van der Waals surface area contributed by atoms with Gasteiger partial charge in [0.15, 0.2) is 0 Å². The standard InChI is InChI=1S/C20H29N3O5S/c1-2-28-20(25)17-7-6-10-21(15-17)16-19(24)22-11-13-23(14-12-22)29(26,27)18-8-4-3-5-9-18/h3-5,8-9,17H,2,6-7,10-16H2,1H3/t17-/m1/s1. The van der Waals surface area contributed by atoms with E-state index in [9.17, 15) is 18.0 Å². The highest BCUT2D eigenvalue weighted by atomic mass is 32.2. The maximum Gasteiger partial charge on any atom is 0.310 e. The largest absolute Gasteiger partial charge is 0.466 e. The van der Waals surface area contributed by atoms with Crippen LogP contribution in [0.1, 0.15) is 19.8 Å². The minimum Gasteiger partial charge on any atom is -0.466 e. The van der Waals surface area contributed by atoms with Gasteiger partial charge in [0, 0.05) is 32.7 Å². The van der Waals surface area contributed by atoms with Crippen LogP contribution in [0.4, 0.5) is 0 Å². The Morgan fingerprint density at radius 3 is 2.41 bits per heavy atom. The number of sulfonamides is 1. The molecule has 2 aliphatic rings. The second kappa shape index (κ2) is 9.69. The van der Waals surface area contributed by atoms with Gasteiger partial charge in [-0.25, -0.2) is 8.42 Å². The second-order valence-corrected chi connectivity index (χ2v) is 9.36. The highest BCUT2D eigenvalue weighted by Crippen LogP contribution is 2.19. The van der Waals surface area contributed by atoms with Crippen molar-refractivity contribution in [3.8, 4) is 0 Å². The quantitative estimate of drug-likeness (QED) is 0.629. The van der Waals surface area contributed by atoms with Crippen molar-refractivity contribution >= 4 is 21.9 Å². The van der Waals surface area contributed by atoms with Crippen LogP contribution in [0.15, 0.2) is 35.2 Å². The van der Waals surface area contributed by atoms with Crippen LogP contribution in [-0.2, 0) is 24.3 Å². The minimum atomic E-state index is -3.53. The van der Waals surface area contributed by atoms with Crippen molar-refractivity contribution in [1.82, 2.24) is 14.1 Å². The predicted molar refractivity (Wildman–Crippen MR) is 108 cm³/mol. The Bertz CT molecular complexity index is 807. The Hall–Kier alpha value is -1.97. The first kappa shape index (κ1) is 21.7. The number of piperidine rings is 1. The smallest absolute Gasteiger partial charge is 0.310 e. The number of hydrogen-bond acceptors (Lipinski definition) is 6. The molecule has 3 rings (SSSR count). The number of carbonyl (C=O) groups excluding carboxylic acids is 2. The van der Waals surface area contributed by atoms with Gasteiger partial charge in [-0.05, 0) is 38.4 Å². The van der Waals surface area contributed by atoms with Gasteiger partial charge in [0.1, 0.15) is 0 Å². The molecule has 0 saturated carbocycles. The van der Waals surface area contributed by atoms with Crippen LogP contribution >= 0.6 is 0 Å². The van der Waals surface area contributed by atoms with Crippen LogP contribution in [-0.4, -0.2) is 86.8 Å². The summed E-state index contributed by atoms with van der Waals surface area (Å²) in [5.74, 6) is -0.389. The van der Waals surface area contributed by atoms with Gasteiger partial charge in [0.2, 0.25) is 15.9 Å². The highest BCUT2D eigenvalue weighted by Gasteiger charge is 2.32. The summed E-state index contributed by atoms with van der Waals surface area (Å²) >= 11 is 0. The molecule has 2 saturated heterocycles. The number of rotatable bonds is 6. The normalized spacial score (nSPS) is 21.7. The molecule has 0 N–H and O–H groups in total. The van der Waals surface area contributed by atoms with Crippen molar-refractivity contribution < 1.29 is 22.7 Å². The van der Waals surface area contributed by atoms with E-state index in [1.54, 1.807) is 42.2 Å². The molecular formula is C20H29N3O5S. The fourth-order valence-corrected chi connectivity index (χ4v) is 5.31. The molecule has 0 aliphatic carbocycles. The molecule has 1 aromatic rings. The average molecular weight is 424 g/mol. The zero-order valence-corrected chi connectivity index (χ0v) is 17.6. The van der Waals surface area contributed by atoms with Crippen LogP contribution in [0.25, 0.3) is 0 Å². The molecule has 0 aromatic heterocycles. The minimum absolute atomic E-state index is 0.0220. The molecule has 0 bridgehead atoms. The van der Waals surface area contributed by atoms with Gasteiger partial charge in [0.25, 0.3) is 0 Å². The molecule has 9 heteroatoms. The molecule has 2 heterocycles. The number of carbonyl (C=O) groups is 2. The van der Waals surface area contributed by atoms with Gasteiger partial charge < -0.3 is 9.64 Å². The maximum absolute atomic E-state index is 12.7. The van der Waals surface area contributed by atoms with Gasteiger partial charge in [-0.3, -0.25) is 14.5 Å². The van der Waals surface area contributed by atoms with E-state index in [4.69, 9.17) is 4.74 Å². The van der Waals surface area contributed by atoms with Gasteiger partial charge in [-0.1, -0.05) is 18.2 Å². The summed E-state index contributed by atoms with van der Waals surface area (Å²) in [6, 6.07) is 8.36. The van der Waals surface area contributed by atoms with E-state index in [1.807, 2.05) is 4.90 Å². The Balaban J connectivity index is 1.51. The molecule has 2 aliphatic heterocycles. The Labute approximate surface area is 172 Å². The average Bonchev–Trinajstić information content (AvgIpc) is 2.75. The molecule has 1 amide bonds. The van der Waals surface area contributed by atoms with Gasteiger partial charge in [-0.15, -0.1) is 0 Å². The van der Waals surface area contributed by atoms with Gasteiger partial charge >= 0.3 is 5.97 Å². The van der Waals surface area contributed by atoms with Crippen LogP contribution in [0.5, 0.6) is 0 Å². The zero-order valence-electron chi connectivity index (χ0n) is 16.8. The number of benzene rings is 1. The summed E-state index contributed by atoms with van der Waals surface area (Å²) in [5.41, 5.74) is 0. The topological polar surface area (TPSA) is 87.2 Å². The number of piperazine rings is 1. The van der Waals surface area contributed by atoms with Crippen molar-refractivity contribution in [1.29, 1.82) is 0 Å². The molecule has 0 radical (unpaired) electrons. The molecule has 160 valence electrons. The maximum atomic E-state index is 12.7. The van der Waals surface area contributed by atoms with E-state index >= 15 is 0 Å². The summed E-state index contributed by atoms with van der Waals surface area (Å²) in [5, 5.41) is 0. The first-order valence-corrected chi connectivity index (χ1v) is 11.6. The highest BCUT2D eigenvalue weighted by molar-refractivity contribution is 7.89. The van der Waals surface area contributed by atoms with Gasteiger partial charge in [0.05, 0.1) is 24.0 Å². The lowest BCUT2D eigenvalue weighted by Gasteiger charge is -2.36. The summed E-state index contributed by atoms with van der Waals surface area (Å²) in [4.78, 5) is 28.7. The lowest BCUT2D eigenvalue weighted by Crippen LogP contribution is -2.53. The number of amides is 1. The summed E-state index contributed by atoms with van der Waals surface area (Å²) < 4.78 is 32.0. The van der Waals surface area contributed by atoms with E-state index in [2.05, 4.69) is 0 Å². The molecule has 29 heavy (non-hydrogen) atoms. The molecule has 1 aromatic carbocycles. The lowest BCUT2D eigenvalue weighted by atomic mass is 9.98. The zero-order chi connectivity index (χ0) is 20.9. The Morgan fingerprint density at radius 1 is 1.07 bits per heavy atom. The van der Waals surface area contributed by atoms with E-state index in [0.29, 0.717) is 26.2 Å². The van der Waals surface area contributed by atoms with Crippen LogP contribution in [0.2, 0.25) is 0 Å². The van der Waals surface area contributed by atoms with E-state index in [-0.39, 0.29) is 42.3 Å². The van der Waals surface area contributed by atoms with Crippen molar-refractivity contribution in [2.45, 2.75) is 24.7 Å². The predicted octanol–water partition coefficient (Wildman–Crippen LogP) is 0.795. The molecule has 2 fully saturated rings. The van der Waals surface area contributed by atoms with E-state index in [1.165, 1.54) is 4.31 Å². The van der Waals surface area contributed by atoms with Gasteiger partial charge in [-0.2, -0.15) is 4.31 Å². The summed E-state index contributed by atoms with van der Waals surface area (Å²) in [7, 11) is -3.53. The summed E-state index contributed by atoms with van der Waals surface area (Å²) in [6.07, 6.45) is 1.65. The van der Waals surface area contributed by atoms with Crippen LogP contribution in [0.3, 0.4) is 0 Å². The number of likely N-dealkylation sites (tertiary alicyclic amines) is 1. The third-order valence-electron chi connectivity index (χ3n) is 5.46. The number of esters is 1. The van der Waals surface area contributed by atoms with Crippen molar-refractivity contribution in [2.24, 2.45) is 5.92 Å². The van der Waals surface area contributed by atoms with Crippen molar-refractivity contribution in [3.05, 3.63) is 30.3 Å². The molecule has 0 unspecified atom stereocenters. The molecule has 8 nitrogen and oxygen atoms in total. The molecular weight excluding hydrogens is 394 g/mol. The molecule has 0 spiro atoms. The number of hydrogen-bond donors (Lipinski definition) is 0. The SMILES string of the molecule is CCOC(=O)[C@@H]1CCCN(CC(=O)N2CCN(S(=O)(=O)c3ccccc3)CC2)C1. The number of nitrogens with zero attached hydrogens (tertiary/aromatic N) is 3. The second-order valence-electron chi connectivity index (χ2n) is 7.42. The first-order valence-electron chi connectivity index (χ1n) is 10.1. The lowest BCUT2D eigenvalue weighted by molar-refractivity contribution is -0.150. The van der Waals surface area contributed by atoms with Crippen LogP contribution in [0, 0.1) is 5.92 Å². The monoisotopic (exact) mass is 423 g/mol. The van der Waals surface area contributed by atoms with Crippen LogP contribution < -0.4 is 0 Å². The van der Waals surface area contributed by atoms with E-state index < -0.39 is 10.0 Å². The Morgan fingerprint density at radius 2 is 1.76 bits per heavy atom. The fourth-order valence-electron chi connectivity index (χ4n) is 3.86. The third-order valence-corrected chi connectivity index (χ3v) is 7.37. The Kier molecular flexibility index (Phi) is 7.26. The fraction of sp³-hybridized carbons (Fsp3) is 0.600. The third kappa shape index (κ3) is 5.34.